The van der Waals surface area contributed by atoms with Crippen molar-refractivity contribution < 1.29 is 9.90 Å². The van der Waals surface area contributed by atoms with Crippen LogP contribution in [0.3, 0.4) is 0 Å². The molecule has 0 aliphatic heterocycles. The number of aryl methyl sites for hydroxylation is 1. The standard InChI is InChI=1S/C12H19N3O2/c1-6(2)8(4)13-11-10(12(16)17)7(3)9(5)14-15-11/h6,8H,1-5H3,(H,13,15)(H,16,17). The van der Waals surface area contributed by atoms with Crippen molar-refractivity contribution in [2.24, 2.45) is 5.92 Å². The molecule has 1 unspecified atom stereocenters. The van der Waals surface area contributed by atoms with Crippen LogP contribution < -0.4 is 5.32 Å². The maximum atomic E-state index is 11.2. The molecule has 0 aromatic carbocycles. The molecule has 94 valence electrons. The summed E-state index contributed by atoms with van der Waals surface area (Å²) in [5.74, 6) is -0.235. The zero-order valence-electron chi connectivity index (χ0n) is 10.9. The van der Waals surface area contributed by atoms with E-state index in [0.717, 1.165) is 0 Å². The lowest BCUT2D eigenvalue weighted by molar-refractivity contribution is 0.0696. The van der Waals surface area contributed by atoms with Crippen molar-refractivity contribution in [2.75, 3.05) is 5.32 Å². The highest BCUT2D eigenvalue weighted by atomic mass is 16.4. The molecule has 0 aliphatic rings. The van der Waals surface area contributed by atoms with Gasteiger partial charge in [-0.05, 0) is 32.3 Å². The lowest BCUT2D eigenvalue weighted by atomic mass is 10.1. The van der Waals surface area contributed by atoms with Crippen LogP contribution in [-0.4, -0.2) is 27.3 Å². The minimum absolute atomic E-state index is 0.143. The third-order valence-corrected chi connectivity index (χ3v) is 3.03. The van der Waals surface area contributed by atoms with Crippen LogP contribution >= 0.6 is 0 Å². The summed E-state index contributed by atoms with van der Waals surface area (Å²) in [5.41, 5.74) is 1.51. The highest BCUT2D eigenvalue weighted by molar-refractivity contribution is 5.94. The molecule has 0 saturated carbocycles. The second-order valence-electron chi connectivity index (χ2n) is 4.62. The fourth-order valence-corrected chi connectivity index (χ4v) is 1.35. The van der Waals surface area contributed by atoms with E-state index in [1.165, 1.54) is 0 Å². The number of carboxylic acid groups (broad SMARTS) is 1. The molecule has 5 nitrogen and oxygen atoms in total. The van der Waals surface area contributed by atoms with Crippen molar-refractivity contribution in [3.05, 3.63) is 16.8 Å². The van der Waals surface area contributed by atoms with E-state index in [1.807, 2.05) is 6.92 Å². The van der Waals surface area contributed by atoms with Crippen molar-refractivity contribution >= 4 is 11.8 Å². The first kappa shape index (κ1) is 13.4. The van der Waals surface area contributed by atoms with E-state index in [-0.39, 0.29) is 11.6 Å². The van der Waals surface area contributed by atoms with Gasteiger partial charge in [0.05, 0.1) is 5.69 Å². The van der Waals surface area contributed by atoms with Gasteiger partial charge in [0.25, 0.3) is 0 Å². The Balaban J connectivity index is 3.16. The molecule has 1 heterocycles. The van der Waals surface area contributed by atoms with Gasteiger partial charge in [0, 0.05) is 6.04 Å². The number of nitrogens with zero attached hydrogens (tertiary/aromatic N) is 2. The van der Waals surface area contributed by atoms with Crippen molar-refractivity contribution in [3.8, 4) is 0 Å². The number of aromatic nitrogens is 2. The quantitative estimate of drug-likeness (QED) is 0.840. The summed E-state index contributed by atoms with van der Waals surface area (Å²) in [4.78, 5) is 11.2. The van der Waals surface area contributed by atoms with Gasteiger partial charge < -0.3 is 10.4 Å². The van der Waals surface area contributed by atoms with Crippen LogP contribution in [-0.2, 0) is 0 Å². The Morgan fingerprint density at radius 1 is 1.24 bits per heavy atom. The number of hydrogen-bond acceptors (Lipinski definition) is 4. The zero-order chi connectivity index (χ0) is 13.2. The minimum Gasteiger partial charge on any atom is -0.478 e. The molecule has 2 N–H and O–H groups in total. The van der Waals surface area contributed by atoms with E-state index in [4.69, 9.17) is 0 Å². The highest BCUT2D eigenvalue weighted by Gasteiger charge is 2.19. The summed E-state index contributed by atoms with van der Waals surface area (Å²) in [7, 11) is 0. The van der Waals surface area contributed by atoms with Gasteiger partial charge >= 0.3 is 5.97 Å². The SMILES string of the molecule is Cc1nnc(NC(C)C(C)C)c(C(=O)O)c1C. The average Bonchev–Trinajstić information content (AvgIpc) is 2.22. The molecule has 1 aromatic rings. The van der Waals surface area contributed by atoms with Gasteiger partial charge in [-0.2, -0.15) is 5.10 Å². The molecule has 5 heteroatoms. The summed E-state index contributed by atoms with van der Waals surface area (Å²) in [6, 6.07) is 0.143. The number of hydrogen-bond donors (Lipinski definition) is 2. The molecule has 17 heavy (non-hydrogen) atoms. The van der Waals surface area contributed by atoms with Gasteiger partial charge in [-0.25, -0.2) is 4.79 Å². The van der Waals surface area contributed by atoms with Crippen molar-refractivity contribution in [2.45, 2.75) is 40.7 Å². The van der Waals surface area contributed by atoms with Crippen LogP contribution in [0.15, 0.2) is 0 Å². The summed E-state index contributed by atoms with van der Waals surface area (Å²) in [5, 5.41) is 20.2. The summed E-state index contributed by atoms with van der Waals surface area (Å²) in [6.07, 6.45) is 0. The molecule has 0 fully saturated rings. The van der Waals surface area contributed by atoms with Crippen molar-refractivity contribution in [3.63, 3.8) is 0 Å². The van der Waals surface area contributed by atoms with Gasteiger partial charge in [0.1, 0.15) is 5.56 Å². The third-order valence-electron chi connectivity index (χ3n) is 3.03. The van der Waals surface area contributed by atoms with Crippen molar-refractivity contribution in [1.82, 2.24) is 10.2 Å². The number of aromatic carboxylic acids is 1. The fourth-order valence-electron chi connectivity index (χ4n) is 1.35. The van der Waals surface area contributed by atoms with E-state index in [2.05, 4.69) is 29.4 Å². The van der Waals surface area contributed by atoms with E-state index >= 15 is 0 Å². The Morgan fingerprint density at radius 2 is 1.82 bits per heavy atom. The topological polar surface area (TPSA) is 75.1 Å². The van der Waals surface area contributed by atoms with Crippen LogP contribution in [0, 0.1) is 19.8 Å². The monoisotopic (exact) mass is 237 g/mol. The molecule has 0 radical (unpaired) electrons. The summed E-state index contributed by atoms with van der Waals surface area (Å²) < 4.78 is 0. The Hall–Kier alpha value is -1.65. The molecule has 1 aromatic heterocycles. The average molecular weight is 237 g/mol. The van der Waals surface area contributed by atoms with E-state index in [1.54, 1.807) is 13.8 Å². The Kier molecular flexibility index (Phi) is 4.04. The molecule has 0 bridgehead atoms. The Labute approximate surface area is 101 Å². The van der Waals surface area contributed by atoms with E-state index in [0.29, 0.717) is 23.0 Å². The molecular formula is C12H19N3O2. The van der Waals surface area contributed by atoms with E-state index < -0.39 is 5.97 Å². The highest BCUT2D eigenvalue weighted by Crippen LogP contribution is 2.20. The molecule has 1 rings (SSSR count). The van der Waals surface area contributed by atoms with Gasteiger partial charge in [0.2, 0.25) is 0 Å². The van der Waals surface area contributed by atoms with Crippen LogP contribution in [0.1, 0.15) is 42.4 Å². The Morgan fingerprint density at radius 3 is 2.29 bits per heavy atom. The second kappa shape index (κ2) is 5.12. The predicted molar refractivity (Wildman–Crippen MR) is 66.4 cm³/mol. The third kappa shape index (κ3) is 2.93. The normalized spacial score (nSPS) is 12.6. The van der Waals surface area contributed by atoms with Crippen molar-refractivity contribution in [1.29, 1.82) is 0 Å². The van der Waals surface area contributed by atoms with Gasteiger partial charge in [-0.3, -0.25) is 0 Å². The molecule has 0 amide bonds. The van der Waals surface area contributed by atoms with Crippen LogP contribution in [0.4, 0.5) is 5.82 Å². The molecular weight excluding hydrogens is 218 g/mol. The largest absolute Gasteiger partial charge is 0.478 e. The second-order valence-corrected chi connectivity index (χ2v) is 4.62. The number of anilines is 1. The van der Waals surface area contributed by atoms with Crippen LogP contribution in [0.25, 0.3) is 0 Å². The minimum atomic E-state index is -0.973. The first-order valence-corrected chi connectivity index (χ1v) is 5.68. The Bertz CT molecular complexity index is 430. The van der Waals surface area contributed by atoms with Gasteiger partial charge in [0.15, 0.2) is 5.82 Å². The maximum Gasteiger partial charge on any atom is 0.339 e. The summed E-state index contributed by atoms with van der Waals surface area (Å²) in [6.45, 7) is 9.62. The number of nitrogens with one attached hydrogen (secondary N) is 1. The maximum absolute atomic E-state index is 11.2. The van der Waals surface area contributed by atoms with E-state index in [9.17, 15) is 9.90 Å². The molecule has 1 atom stereocenters. The first-order chi connectivity index (χ1) is 7.84. The fraction of sp³-hybridized carbons (Fsp3) is 0.583. The number of rotatable bonds is 4. The first-order valence-electron chi connectivity index (χ1n) is 5.68. The van der Waals surface area contributed by atoms with Gasteiger partial charge in [-0.1, -0.05) is 13.8 Å². The predicted octanol–water partition coefficient (Wildman–Crippen LogP) is 2.25. The summed E-state index contributed by atoms with van der Waals surface area (Å²) >= 11 is 0. The zero-order valence-corrected chi connectivity index (χ0v) is 10.9. The lowest BCUT2D eigenvalue weighted by Gasteiger charge is -2.19. The number of carbonyl (C=O) groups is 1. The molecule has 0 aliphatic carbocycles. The van der Waals surface area contributed by atoms with Gasteiger partial charge in [-0.15, -0.1) is 5.10 Å². The van der Waals surface area contributed by atoms with Crippen LogP contribution in [0.5, 0.6) is 0 Å². The lowest BCUT2D eigenvalue weighted by Crippen LogP contribution is -2.24. The van der Waals surface area contributed by atoms with Crippen LogP contribution in [0.2, 0.25) is 0 Å². The number of carboxylic acids is 1. The smallest absolute Gasteiger partial charge is 0.339 e. The molecule has 0 saturated heterocycles. The molecule has 0 spiro atoms.